The minimum absolute atomic E-state index is 0.397. The molecule has 6 heteroatoms. The number of hydrogen-bond donors (Lipinski definition) is 1. The predicted octanol–water partition coefficient (Wildman–Crippen LogP) is 5.70. The number of esters is 1. The summed E-state index contributed by atoms with van der Waals surface area (Å²) >= 11 is 11.8. The molecule has 0 spiro atoms. The van der Waals surface area contributed by atoms with Crippen molar-refractivity contribution in [2.45, 2.75) is 32.8 Å². The lowest BCUT2D eigenvalue weighted by Gasteiger charge is -2.12. The van der Waals surface area contributed by atoms with Crippen molar-refractivity contribution in [3.05, 3.63) is 69.7 Å². The molecule has 27 heavy (non-hydrogen) atoms. The molecule has 2 aromatic rings. The molecule has 0 saturated heterocycles. The summed E-state index contributed by atoms with van der Waals surface area (Å²) in [5.41, 5.74) is 2.53. The van der Waals surface area contributed by atoms with E-state index in [-0.39, 0.29) is 0 Å². The molecule has 1 atom stereocenters. The summed E-state index contributed by atoms with van der Waals surface area (Å²) in [6.45, 7) is 5.72. The van der Waals surface area contributed by atoms with Gasteiger partial charge in [0.1, 0.15) is 0 Å². The Kier molecular flexibility index (Phi) is 7.45. The quantitative estimate of drug-likeness (QED) is 0.495. The van der Waals surface area contributed by atoms with E-state index in [0.717, 1.165) is 5.56 Å². The highest BCUT2D eigenvalue weighted by Gasteiger charge is 2.17. The summed E-state index contributed by atoms with van der Waals surface area (Å²) < 4.78 is 5.12. The first-order valence-corrected chi connectivity index (χ1v) is 9.26. The van der Waals surface area contributed by atoms with Crippen molar-refractivity contribution in [3.63, 3.8) is 0 Å². The molecule has 142 valence electrons. The van der Waals surface area contributed by atoms with Crippen molar-refractivity contribution in [1.29, 1.82) is 0 Å². The smallest absolute Gasteiger partial charge is 0.331 e. The first-order chi connectivity index (χ1) is 12.7. The van der Waals surface area contributed by atoms with Crippen molar-refractivity contribution in [1.82, 2.24) is 0 Å². The maximum Gasteiger partial charge on any atom is 0.331 e. The van der Waals surface area contributed by atoms with Gasteiger partial charge in [-0.3, -0.25) is 4.79 Å². The number of anilines is 1. The van der Waals surface area contributed by atoms with E-state index in [4.69, 9.17) is 27.9 Å². The van der Waals surface area contributed by atoms with Gasteiger partial charge in [0, 0.05) is 21.8 Å². The highest BCUT2D eigenvalue weighted by molar-refractivity contribution is 6.35. The Balaban J connectivity index is 1.91. The van der Waals surface area contributed by atoms with Crippen molar-refractivity contribution < 1.29 is 14.3 Å². The molecule has 2 aromatic carbocycles. The number of halogens is 2. The molecule has 0 aliphatic heterocycles. The third-order valence-corrected chi connectivity index (χ3v) is 4.24. The van der Waals surface area contributed by atoms with Gasteiger partial charge in [-0.15, -0.1) is 0 Å². The number of hydrogen-bond acceptors (Lipinski definition) is 3. The zero-order chi connectivity index (χ0) is 20.0. The summed E-state index contributed by atoms with van der Waals surface area (Å²) in [5.74, 6) is -0.632. The molecule has 0 radical (unpaired) electrons. The number of amides is 1. The van der Waals surface area contributed by atoms with Crippen LogP contribution in [0.1, 0.15) is 37.8 Å². The van der Waals surface area contributed by atoms with Gasteiger partial charge >= 0.3 is 5.97 Å². The number of rotatable bonds is 6. The van der Waals surface area contributed by atoms with Crippen LogP contribution < -0.4 is 5.32 Å². The molecule has 0 aliphatic carbocycles. The van der Waals surface area contributed by atoms with E-state index in [9.17, 15) is 9.59 Å². The Morgan fingerprint density at radius 1 is 1.00 bits per heavy atom. The lowest BCUT2D eigenvalue weighted by molar-refractivity contribution is -0.148. The van der Waals surface area contributed by atoms with Gasteiger partial charge < -0.3 is 10.1 Å². The Labute approximate surface area is 169 Å². The van der Waals surface area contributed by atoms with Gasteiger partial charge in [-0.2, -0.15) is 0 Å². The fourth-order valence-electron chi connectivity index (χ4n) is 2.29. The molecule has 2 rings (SSSR count). The molecular formula is C21H21Cl2NO3. The number of carbonyl (C=O) groups excluding carboxylic acids is 2. The van der Waals surface area contributed by atoms with Gasteiger partial charge in [-0.1, -0.05) is 61.3 Å². The van der Waals surface area contributed by atoms with Crippen LogP contribution in [0.3, 0.4) is 0 Å². The van der Waals surface area contributed by atoms with Crippen molar-refractivity contribution in [2.75, 3.05) is 5.32 Å². The lowest BCUT2D eigenvalue weighted by atomic mass is 10.0. The molecule has 0 saturated carbocycles. The molecule has 0 heterocycles. The molecule has 0 aliphatic rings. The Morgan fingerprint density at radius 3 is 2.15 bits per heavy atom. The second-order valence-electron chi connectivity index (χ2n) is 6.38. The average molecular weight is 406 g/mol. The first-order valence-electron chi connectivity index (χ1n) is 8.50. The van der Waals surface area contributed by atoms with Crippen LogP contribution in [0.15, 0.2) is 48.5 Å². The van der Waals surface area contributed by atoms with E-state index in [1.807, 2.05) is 24.3 Å². The molecule has 0 bridgehead atoms. The van der Waals surface area contributed by atoms with Gasteiger partial charge in [0.05, 0.1) is 0 Å². The highest BCUT2D eigenvalue weighted by atomic mass is 35.5. The standard InChI is InChI=1S/C21H21Cl2NO3/c1-13(2)16-7-4-15(5-8-16)6-9-20(25)27-14(3)21(26)24-19-11-17(22)10-18(23)12-19/h4-14H,1-3H3,(H,24,26)/b9-6+/t14-/m0/s1. The minimum Gasteiger partial charge on any atom is -0.449 e. The monoisotopic (exact) mass is 405 g/mol. The molecule has 0 aromatic heterocycles. The minimum atomic E-state index is -0.969. The van der Waals surface area contributed by atoms with Crippen LogP contribution in [0.2, 0.25) is 10.0 Å². The van der Waals surface area contributed by atoms with E-state index in [2.05, 4.69) is 19.2 Å². The third-order valence-electron chi connectivity index (χ3n) is 3.81. The number of carbonyl (C=O) groups is 2. The van der Waals surface area contributed by atoms with Crippen LogP contribution in [0.5, 0.6) is 0 Å². The average Bonchev–Trinajstić information content (AvgIpc) is 2.59. The van der Waals surface area contributed by atoms with E-state index >= 15 is 0 Å². The van der Waals surface area contributed by atoms with E-state index in [0.29, 0.717) is 21.7 Å². The lowest BCUT2D eigenvalue weighted by Crippen LogP contribution is -2.29. The summed E-state index contributed by atoms with van der Waals surface area (Å²) in [5, 5.41) is 3.40. The van der Waals surface area contributed by atoms with Gasteiger partial charge in [0.15, 0.2) is 6.10 Å². The summed E-state index contributed by atoms with van der Waals surface area (Å²) in [7, 11) is 0. The summed E-state index contributed by atoms with van der Waals surface area (Å²) in [6.07, 6.45) is 1.97. The summed E-state index contributed by atoms with van der Waals surface area (Å²) in [4.78, 5) is 24.1. The Hall–Kier alpha value is -2.30. The zero-order valence-electron chi connectivity index (χ0n) is 15.3. The summed E-state index contributed by atoms with van der Waals surface area (Å²) in [6, 6.07) is 12.6. The highest BCUT2D eigenvalue weighted by Crippen LogP contribution is 2.22. The van der Waals surface area contributed by atoms with Crippen LogP contribution in [-0.4, -0.2) is 18.0 Å². The SMILES string of the molecule is CC(C)c1ccc(/C=C/C(=O)O[C@@H](C)C(=O)Nc2cc(Cl)cc(Cl)c2)cc1. The fraction of sp³-hybridized carbons (Fsp3) is 0.238. The van der Waals surface area contributed by atoms with Crippen LogP contribution in [-0.2, 0) is 14.3 Å². The van der Waals surface area contributed by atoms with Gasteiger partial charge in [-0.25, -0.2) is 4.79 Å². The van der Waals surface area contributed by atoms with Crippen LogP contribution in [0, 0.1) is 0 Å². The number of ether oxygens (including phenoxy) is 1. The molecule has 1 N–H and O–H groups in total. The van der Waals surface area contributed by atoms with E-state index in [1.54, 1.807) is 24.3 Å². The maximum absolute atomic E-state index is 12.1. The van der Waals surface area contributed by atoms with Crippen molar-refractivity contribution in [3.8, 4) is 0 Å². The molecule has 1 amide bonds. The third kappa shape index (κ3) is 6.74. The largest absolute Gasteiger partial charge is 0.449 e. The molecule has 4 nitrogen and oxygen atoms in total. The molecule has 0 unspecified atom stereocenters. The van der Waals surface area contributed by atoms with E-state index < -0.39 is 18.0 Å². The van der Waals surface area contributed by atoms with Crippen LogP contribution in [0.25, 0.3) is 6.08 Å². The van der Waals surface area contributed by atoms with Gasteiger partial charge in [0.2, 0.25) is 0 Å². The Bertz CT molecular complexity index is 825. The van der Waals surface area contributed by atoms with Crippen molar-refractivity contribution >= 4 is 46.8 Å². The van der Waals surface area contributed by atoms with Gasteiger partial charge in [0.25, 0.3) is 5.91 Å². The topological polar surface area (TPSA) is 55.4 Å². The number of nitrogens with one attached hydrogen (secondary N) is 1. The van der Waals surface area contributed by atoms with Crippen LogP contribution >= 0.6 is 23.2 Å². The maximum atomic E-state index is 12.1. The van der Waals surface area contributed by atoms with Crippen molar-refractivity contribution in [2.24, 2.45) is 0 Å². The fourth-order valence-corrected chi connectivity index (χ4v) is 2.82. The predicted molar refractivity (Wildman–Crippen MR) is 110 cm³/mol. The second-order valence-corrected chi connectivity index (χ2v) is 7.25. The molecule has 0 fully saturated rings. The Morgan fingerprint density at radius 2 is 1.59 bits per heavy atom. The van der Waals surface area contributed by atoms with E-state index in [1.165, 1.54) is 18.6 Å². The zero-order valence-corrected chi connectivity index (χ0v) is 16.8. The van der Waals surface area contributed by atoms with Gasteiger partial charge in [-0.05, 0) is 48.2 Å². The van der Waals surface area contributed by atoms with Crippen LogP contribution in [0.4, 0.5) is 5.69 Å². The number of benzene rings is 2. The second kappa shape index (κ2) is 9.58. The first kappa shape index (κ1) is 21.0. The normalized spacial score (nSPS) is 12.2. The molecular weight excluding hydrogens is 385 g/mol.